The van der Waals surface area contributed by atoms with E-state index in [0.717, 1.165) is 19.4 Å². The lowest BCUT2D eigenvalue weighted by Crippen LogP contribution is -2.59. The lowest BCUT2D eigenvalue weighted by molar-refractivity contribution is -0.152. The summed E-state index contributed by atoms with van der Waals surface area (Å²) in [4.78, 5) is 27.8. The molecule has 2 amide bonds. The summed E-state index contributed by atoms with van der Waals surface area (Å²) in [5.41, 5.74) is 0. The first kappa shape index (κ1) is 14.0. The van der Waals surface area contributed by atoms with Crippen molar-refractivity contribution in [3.8, 4) is 0 Å². The molecule has 0 radical (unpaired) electrons. The minimum absolute atomic E-state index is 0.0139. The van der Waals surface area contributed by atoms with E-state index in [0.29, 0.717) is 31.0 Å². The normalized spacial score (nSPS) is 38.6. The largest absolute Gasteiger partial charge is 0.314 e. The third kappa shape index (κ3) is 2.27. The van der Waals surface area contributed by atoms with E-state index < -0.39 is 0 Å². The number of carbonyl (C=O) groups excluding carboxylic acids is 2. The zero-order valence-corrected chi connectivity index (χ0v) is 12.5. The fourth-order valence-corrected chi connectivity index (χ4v) is 4.35. The molecule has 2 bridgehead atoms. The molecule has 20 heavy (non-hydrogen) atoms. The number of likely N-dealkylation sites (tertiary alicyclic amines) is 1. The van der Waals surface area contributed by atoms with Crippen LogP contribution in [0.1, 0.15) is 45.4 Å². The molecule has 0 aromatic heterocycles. The second kappa shape index (κ2) is 5.45. The van der Waals surface area contributed by atoms with Gasteiger partial charge in [-0.15, -0.1) is 0 Å². The van der Waals surface area contributed by atoms with E-state index in [1.165, 1.54) is 17.7 Å². The predicted molar refractivity (Wildman–Crippen MR) is 76.1 cm³/mol. The SMILES string of the molecule is CCNC1CC2CCC(C1)N2C1CCC(=O)N(C)C1=O. The van der Waals surface area contributed by atoms with Crippen LogP contribution in [-0.4, -0.2) is 59.4 Å². The zero-order chi connectivity index (χ0) is 14.3. The van der Waals surface area contributed by atoms with Gasteiger partial charge in [0.25, 0.3) is 0 Å². The second-order valence-electron chi connectivity index (χ2n) is 6.40. The number of hydrogen-bond acceptors (Lipinski definition) is 4. The highest BCUT2D eigenvalue weighted by Crippen LogP contribution is 2.39. The summed E-state index contributed by atoms with van der Waals surface area (Å²) < 4.78 is 0. The first-order chi connectivity index (χ1) is 9.61. The van der Waals surface area contributed by atoms with Crippen LogP contribution in [0, 0.1) is 0 Å². The highest BCUT2D eigenvalue weighted by Gasteiger charge is 2.47. The van der Waals surface area contributed by atoms with E-state index in [1.807, 2.05) is 0 Å². The van der Waals surface area contributed by atoms with Crippen molar-refractivity contribution in [2.24, 2.45) is 0 Å². The minimum atomic E-state index is -0.0576. The van der Waals surface area contributed by atoms with Crippen LogP contribution in [0.4, 0.5) is 0 Å². The van der Waals surface area contributed by atoms with Crippen LogP contribution >= 0.6 is 0 Å². The molecule has 3 unspecified atom stereocenters. The Morgan fingerprint density at radius 2 is 1.80 bits per heavy atom. The van der Waals surface area contributed by atoms with Gasteiger partial charge in [0, 0.05) is 31.6 Å². The summed E-state index contributed by atoms with van der Waals surface area (Å²) in [5.74, 6) is -0.0128. The molecule has 5 nitrogen and oxygen atoms in total. The van der Waals surface area contributed by atoms with Crippen molar-refractivity contribution in [1.29, 1.82) is 0 Å². The number of imide groups is 1. The number of carbonyl (C=O) groups is 2. The highest BCUT2D eigenvalue weighted by atomic mass is 16.2. The summed E-state index contributed by atoms with van der Waals surface area (Å²) in [6.45, 7) is 3.17. The first-order valence-corrected chi connectivity index (χ1v) is 7.93. The minimum Gasteiger partial charge on any atom is -0.314 e. The number of piperidine rings is 2. The Hall–Kier alpha value is -0.940. The third-order valence-electron chi connectivity index (χ3n) is 5.26. The van der Waals surface area contributed by atoms with Crippen LogP contribution in [0.2, 0.25) is 0 Å². The lowest BCUT2D eigenvalue weighted by atomic mass is 9.92. The van der Waals surface area contributed by atoms with Gasteiger partial charge in [-0.05, 0) is 38.6 Å². The van der Waals surface area contributed by atoms with Crippen molar-refractivity contribution < 1.29 is 9.59 Å². The Bertz CT molecular complexity index is 398. The molecule has 0 aromatic rings. The van der Waals surface area contributed by atoms with Gasteiger partial charge >= 0.3 is 0 Å². The monoisotopic (exact) mass is 279 g/mol. The van der Waals surface area contributed by atoms with Crippen molar-refractivity contribution in [3.63, 3.8) is 0 Å². The summed E-state index contributed by atoms with van der Waals surface area (Å²) in [7, 11) is 1.63. The lowest BCUT2D eigenvalue weighted by Gasteiger charge is -2.45. The van der Waals surface area contributed by atoms with Gasteiger partial charge in [-0.25, -0.2) is 0 Å². The van der Waals surface area contributed by atoms with Crippen molar-refractivity contribution in [2.75, 3.05) is 13.6 Å². The van der Waals surface area contributed by atoms with E-state index >= 15 is 0 Å². The van der Waals surface area contributed by atoms with Crippen LogP contribution in [0.3, 0.4) is 0 Å². The Morgan fingerprint density at radius 1 is 1.15 bits per heavy atom. The van der Waals surface area contributed by atoms with E-state index in [1.54, 1.807) is 7.05 Å². The standard InChI is InChI=1S/C15H25N3O2/c1-3-16-10-8-11-4-5-12(9-10)18(11)13-6-7-14(19)17(2)15(13)20/h10-13,16H,3-9H2,1-2H3. The van der Waals surface area contributed by atoms with Crippen LogP contribution in [0.25, 0.3) is 0 Å². The van der Waals surface area contributed by atoms with Gasteiger partial charge < -0.3 is 5.32 Å². The third-order valence-corrected chi connectivity index (χ3v) is 5.26. The molecule has 3 aliphatic heterocycles. The molecular weight excluding hydrogens is 254 g/mol. The highest BCUT2D eigenvalue weighted by molar-refractivity contribution is 6.00. The molecule has 3 fully saturated rings. The Balaban J connectivity index is 1.72. The van der Waals surface area contributed by atoms with Gasteiger partial charge in [0.15, 0.2) is 0 Å². The Morgan fingerprint density at radius 3 is 2.40 bits per heavy atom. The summed E-state index contributed by atoms with van der Waals surface area (Å²) in [5, 5.41) is 3.56. The van der Waals surface area contributed by atoms with E-state index in [2.05, 4.69) is 17.1 Å². The van der Waals surface area contributed by atoms with Gasteiger partial charge in [0.1, 0.15) is 0 Å². The molecule has 3 saturated heterocycles. The fourth-order valence-electron chi connectivity index (χ4n) is 4.35. The predicted octanol–water partition coefficient (Wildman–Crippen LogP) is 0.739. The van der Waals surface area contributed by atoms with Gasteiger partial charge in [0.05, 0.1) is 6.04 Å². The maximum absolute atomic E-state index is 12.4. The number of nitrogens with zero attached hydrogens (tertiary/aromatic N) is 2. The molecule has 5 heteroatoms. The average molecular weight is 279 g/mol. The number of amides is 2. The number of rotatable bonds is 3. The Kier molecular flexibility index (Phi) is 3.82. The average Bonchev–Trinajstić information content (AvgIpc) is 2.68. The summed E-state index contributed by atoms with van der Waals surface area (Å²) >= 11 is 0. The fraction of sp³-hybridized carbons (Fsp3) is 0.867. The topological polar surface area (TPSA) is 52.7 Å². The summed E-state index contributed by atoms with van der Waals surface area (Å²) in [6.07, 6.45) is 5.92. The van der Waals surface area contributed by atoms with Crippen molar-refractivity contribution >= 4 is 11.8 Å². The van der Waals surface area contributed by atoms with Gasteiger partial charge in [-0.1, -0.05) is 6.92 Å². The van der Waals surface area contributed by atoms with Gasteiger partial charge in [-0.2, -0.15) is 0 Å². The van der Waals surface area contributed by atoms with Crippen LogP contribution in [0.5, 0.6) is 0 Å². The number of nitrogens with one attached hydrogen (secondary N) is 1. The van der Waals surface area contributed by atoms with Crippen LogP contribution in [0.15, 0.2) is 0 Å². The number of hydrogen-bond donors (Lipinski definition) is 1. The van der Waals surface area contributed by atoms with E-state index in [-0.39, 0.29) is 17.9 Å². The smallest absolute Gasteiger partial charge is 0.246 e. The molecule has 112 valence electrons. The van der Waals surface area contributed by atoms with E-state index in [9.17, 15) is 9.59 Å². The maximum atomic E-state index is 12.4. The molecule has 0 spiro atoms. The van der Waals surface area contributed by atoms with Gasteiger partial charge in [-0.3, -0.25) is 19.4 Å². The van der Waals surface area contributed by atoms with Crippen LogP contribution in [-0.2, 0) is 9.59 Å². The molecular formula is C15H25N3O2. The van der Waals surface area contributed by atoms with Crippen molar-refractivity contribution in [1.82, 2.24) is 15.1 Å². The number of likely N-dealkylation sites (N-methyl/N-ethyl adjacent to an activating group) is 1. The zero-order valence-electron chi connectivity index (χ0n) is 12.5. The molecule has 1 N–H and O–H groups in total. The molecule has 0 aliphatic carbocycles. The molecule has 0 saturated carbocycles. The molecule has 3 rings (SSSR count). The van der Waals surface area contributed by atoms with Gasteiger partial charge in [0.2, 0.25) is 11.8 Å². The maximum Gasteiger partial charge on any atom is 0.246 e. The number of fused-ring (bicyclic) bond motifs is 2. The Labute approximate surface area is 120 Å². The van der Waals surface area contributed by atoms with Crippen molar-refractivity contribution in [2.45, 2.75) is 69.6 Å². The summed E-state index contributed by atoms with van der Waals surface area (Å²) in [6, 6.07) is 1.59. The van der Waals surface area contributed by atoms with Crippen LogP contribution < -0.4 is 5.32 Å². The molecule has 0 aromatic carbocycles. The molecule has 3 atom stereocenters. The first-order valence-electron chi connectivity index (χ1n) is 7.93. The van der Waals surface area contributed by atoms with E-state index in [4.69, 9.17) is 0 Å². The quantitative estimate of drug-likeness (QED) is 0.774. The van der Waals surface area contributed by atoms with Crippen molar-refractivity contribution in [3.05, 3.63) is 0 Å². The molecule has 3 heterocycles. The molecule has 3 aliphatic rings. The second-order valence-corrected chi connectivity index (χ2v) is 6.40.